The minimum Gasteiger partial charge on any atom is -0.493 e. The van der Waals surface area contributed by atoms with Gasteiger partial charge in [0.2, 0.25) is 11.7 Å². The Morgan fingerprint density at radius 1 is 0.844 bits per heavy atom. The summed E-state index contributed by atoms with van der Waals surface area (Å²) in [7, 11) is 4.64. The number of hydrogen-bond acceptors (Lipinski definition) is 5. The molecule has 0 fully saturated rings. The molecular weight excluding hydrogens is 408 g/mol. The Morgan fingerprint density at radius 3 is 1.88 bits per heavy atom. The Hall–Kier alpha value is -4.00. The Bertz CT molecular complexity index is 1270. The summed E-state index contributed by atoms with van der Waals surface area (Å²) in [4.78, 5) is 25.8. The Morgan fingerprint density at radius 2 is 1.38 bits per heavy atom. The second kappa shape index (κ2) is 9.01. The average molecular weight is 432 g/mol. The van der Waals surface area contributed by atoms with E-state index in [4.69, 9.17) is 14.2 Å². The third kappa shape index (κ3) is 3.85. The predicted molar refractivity (Wildman–Crippen MR) is 124 cm³/mol. The van der Waals surface area contributed by atoms with Crippen LogP contribution in [0.5, 0.6) is 17.2 Å². The molecule has 0 saturated carbocycles. The van der Waals surface area contributed by atoms with Crippen molar-refractivity contribution in [2.45, 2.75) is 13.1 Å². The molecule has 7 heteroatoms. The van der Waals surface area contributed by atoms with Crippen LogP contribution >= 0.6 is 0 Å². The van der Waals surface area contributed by atoms with Crippen LogP contribution in [0.25, 0.3) is 21.8 Å². The number of ether oxygens (including phenoxy) is 3. The zero-order valence-electron chi connectivity index (χ0n) is 18.2. The molecule has 4 rings (SSSR count). The number of carbonyl (C=O) groups excluding carboxylic acids is 1. The number of aromatic nitrogens is 1. The normalized spacial score (nSPS) is 10.8. The van der Waals surface area contributed by atoms with Crippen molar-refractivity contribution in [3.8, 4) is 17.2 Å². The van der Waals surface area contributed by atoms with Gasteiger partial charge in [0.05, 0.1) is 32.4 Å². The molecule has 0 unspecified atom stereocenters. The molecule has 0 aliphatic rings. The van der Waals surface area contributed by atoms with Gasteiger partial charge in [0.1, 0.15) is 6.54 Å². The highest BCUT2D eigenvalue weighted by Gasteiger charge is 2.15. The number of hydrogen-bond donors (Lipinski definition) is 1. The second-order valence-corrected chi connectivity index (χ2v) is 7.26. The van der Waals surface area contributed by atoms with Gasteiger partial charge >= 0.3 is 0 Å². The molecule has 4 aromatic rings. The molecule has 0 spiro atoms. The fourth-order valence-corrected chi connectivity index (χ4v) is 3.88. The average Bonchev–Trinajstić information content (AvgIpc) is 2.84. The van der Waals surface area contributed by atoms with Crippen molar-refractivity contribution in [1.82, 2.24) is 9.88 Å². The standard InChI is InChI=1S/C25H24N2O5/c1-30-21-12-16(13-22(31-2)25(21)32-3)14-26-23(28)15-27-19-10-6-4-8-17(19)24(29)18-9-5-7-11-20(18)27/h4-13H,14-15H2,1-3H3,(H,26,28). The van der Waals surface area contributed by atoms with E-state index in [1.165, 1.54) is 0 Å². The van der Waals surface area contributed by atoms with Crippen molar-refractivity contribution in [3.05, 3.63) is 76.5 Å². The zero-order valence-corrected chi connectivity index (χ0v) is 18.2. The van der Waals surface area contributed by atoms with Crippen LogP contribution in [0.4, 0.5) is 0 Å². The zero-order chi connectivity index (χ0) is 22.7. The lowest BCUT2D eigenvalue weighted by molar-refractivity contribution is -0.121. The molecule has 0 aliphatic heterocycles. The van der Waals surface area contributed by atoms with Gasteiger partial charge in [-0.2, -0.15) is 0 Å². The fourth-order valence-electron chi connectivity index (χ4n) is 3.88. The lowest BCUT2D eigenvalue weighted by atomic mass is 10.1. The van der Waals surface area contributed by atoms with Gasteiger partial charge < -0.3 is 24.1 Å². The first kappa shape index (κ1) is 21.2. The molecule has 1 N–H and O–H groups in total. The number of para-hydroxylation sites is 2. The summed E-state index contributed by atoms with van der Waals surface area (Å²) in [6, 6.07) is 18.3. The smallest absolute Gasteiger partial charge is 0.240 e. The number of fused-ring (bicyclic) bond motifs is 2. The van der Waals surface area contributed by atoms with Gasteiger partial charge in [-0.3, -0.25) is 9.59 Å². The summed E-state index contributed by atoms with van der Waals surface area (Å²) in [6.07, 6.45) is 0. The summed E-state index contributed by atoms with van der Waals surface area (Å²) in [5.74, 6) is 1.36. The SMILES string of the molecule is COc1cc(CNC(=O)Cn2c3ccccc3c(=O)c3ccccc32)cc(OC)c1OC. The minimum absolute atomic E-state index is 0.0368. The number of carbonyl (C=O) groups is 1. The van der Waals surface area contributed by atoms with Gasteiger partial charge in [-0.25, -0.2) is 0 Å². The van der Waals surface area contributed by atoms with Crippen LogP contribution in [-0.4, -0.2) is 31.8 Å². The van der Waals surface area contributed by atoms with E-state index >= 15 is 0 Å². The van der Waals surface area contributed by atoms with Crippen molar-refractivity contribution < 1.29 is 19.0 Å². The number of rotatable bonds is 7. The van der Waals surface area contributed by atoms with E-state index in [0.717, 1.165) is 16.6 Å². The summed E-state index contributed by atoms with van der Waals surface area (Å²) in [5.41, 5.74) is 2.21. The lowest BCUT2D eigenvalue weighted by Gasteiger charge is -2.16. The Balaban J connectivity index is 1.63. The van der Waals surface area contributed by atoms with Crippen molar-refractivity contribution in [2.24, 2.45) is 0 Å². The van der Waals surface area contributed by atoms with Crippen molar-refractivity contribution in [1.29, 1.82) is 0 Å². The van der Waals surface area contributed by atoms with Gasteiger partial charge in [0, 0.05) is 17.3 Å². The number of amides is 1. The maximum atomic E-state index is 12.9. The van der Waals surface area contributed by atoms with Gasteiger partial charge in [0.25, 0.3) is 0 Å². The highest BCUT2D eigenvalue weighted by Crippen LogP contribution is 2.38. The Kier molecular flexibility index (Phi) is 5.98. The molecule has 0 aliphatic carbocycles. The number of nitrogens with one attached hydrogen (secondary N) is 1. The van der Waals surface area contributed by atoms with Crippen LogP contribution in [0.2, 0.25) is 0 Å². The third-order valence-electron chi connectivity index (χ3n) is 5.39. The third-order valence-corrected chi connectivity index (χ3v) is 5.39. The van der Waals surface area contributed by atoms with Crippen LogP contribution < -0.4 is 25.0 Å². The fraction of sp³-hybridized carbons (Fsp3) is 0.200. The maximum Gasteiger partial charge on any atom is 0.240 e. The van der Waals surface area contributed by atoms with E-state index in [2.05, 4.69) is 5.32 Å². The molecule has 1 aromatic heterocycles. The largest absolute Gasteiger partial charge is 0.493 e. The van der Waals surface area contributed by atoms with E-state index in [1.807, 2.05) is 41.0 Å². The van der Waals surface area contributed by atoms with Gasteiger partial charge in [0.15, 0.2) is 16.9 Å². The van der Waals surface area contributed by atoms with Crippen molar-refractivity contribution >= 4 is 27.7 Å². The quantitative estimate of drug-likeness (QED) is 0.452. The van der Waals surface area contributed by atoms with Crippen molar-refractivity contribution in [2.75, 3.05) is 21.3 Å². The minimum atomic E-state index is -0.183. The first-order valence-corrected chi connectivity index (χ1v) is 10.1. The summed E-state index contributed by atoms with van der Waals surface area (Å²) in [6.45, 7) is 0.358. The number of pyridine rings is 1. The topological polar surface area (TPSA) is 78.8 Å². The van der Waals surface area contributed by atoms with Crippen LogP contribution in [-0.2, 0) is 17.9 Å². The van der Waals surface area contributed by atoms with Crippen LogP contribution in [0.3, 0.4) is 0 Å². The number of benzene rings is 3. The first-order chi connectivity index (χ1) is 15.6. The highest BCUT2D eigenvalue weighted by molar-refractivity contribution is 5.94. The molecule has 1 heterocycles. The summed E-state index contributed by atoms with van der Waals surface area (Å²) >= 11 is 0. The van der Waals surface area contributed by atoms with E-state index in [9.17, 15) is 9.59 Å². The number of nitrogens with zero attached hydrogens (tertiary/aromatic N) is 1. The van der Waals surface area contributed by atoms with Gasteiger partial charge in [-0.15, -0.1) is 0 Å². The molecule has 0 saturated heterocycles. The summed E-state index contributed by atoms with van der Waals surface area (Å²) < 4.78 is 18.0. The molecule has 3 aromatic carbocycles. The molecule has 32 heavy (non-hydrogen) atoms. The van der Waals surface area contributed by atoms with Crippen LogP contribution in [0.15, 0.2) is 65.5 Å². The predicted octanol–water partition coefficient (Wildman–Crippen LogP) is 3.50. The monoisotopic (exact) mass is 432 g/mol. The summed E-state index contributed by atoms with van der Waals surface area (Å²) in [5, 5.41) is 4.12. The molecule has 7 nitrogen and oxygen atoms in total. The molecule has 0 atom stereocenters. The van der Waals surface area contributed by atoms with E-state index in [-0.39, 0.29) is 24.4 Å². The van der Waals surface area contributed by atoms with Crippen molar-refractivity contribution in [3.63, 3.8) is 0 Å². The van der Waals surface area contributed by atoms with E-state index in [0.29, 0.717) is 28.0 Å². The number of methoxy groups -OCH3 is 3. The van der Waals surface area contributed by atoms with E-state index in [1.54, 1.807) is 45.6 Å². The van der Waals surface area contributed by atoms with E-state index < -0.39 is 0 Å². The molecular formula is C25H24N2O5. The molecule has 164 valence electrons. The highest BCUT2D eigenvalue weighted by atomic mass is 16.5. The van der Waals surface area contributed by atoms with Crippen LogP contribution in [0, 0.1) is 0 Å². The van der Waals surface area contributed by atoms with Gasteiger partial charge in [-0.1, -0.05) is 24.3 Å². The van der Waals surface area contributed by atoms with Gasteiger partial charge in [-0.05, 0) is 42.0 Å². The van der Waals surface area contributed by atoms with Crippen LogP contribution in [0.1, 0.15) is 5.56 Å². The molecule has 0 radical (unpaired) electrons. The maximum absolute atomic E-state index is 12.9. The second-order valence-electron chi connectivity index (χ2n) is 7.26. The molecule has 1 amide bonds. The molecule has 0 bridgehead atoms. The first-order valence-electron chi connectivity index (χ1n) is 10.1. The Labute approximate surface area is 185 Å². The lowest BCUT2D eigenvalue weighted by Crippen LogP contribution is -2.28.